The summed E-state index contributed by atoms with van der Waals surface area (Å²) in [6.07, 6.45) is 3.31. The Morgan fingerprint density at radius 3 is 1.31 bits per heavy atom. The fourth-order valence-corrected chi connectivity index (χ4v) is 0.687. The van der Waals surface area contributed by atoms with Gasteiger partial charge in [0, 0.05) is 0 Å². The zero-order valence-corrected chi connectivity index (χ0v) is 17.6. The van der Waals surface area contributed by atoms with Crippen molar-refractivity contribution in [3.63, 3.8) is 0 Å². The van der Waals surface area contributed by atoms with E-state index in [0.717, 1.165) is 17.4 Å². The molecule has 0 amide bonds. The molecule has 0 spiro atoms. The molecule has 0 aromatic heterocycles. The molecular formula is C20H40O6. The molecule has 0 bridgehead atoms. The molecule has 26 heavy (non-hydrogen) atoms. The SMILES string of the molecule is CC(C)=CC=O.CC(C)=CCO.CC(C)C(O)C=O.CC(C)C(O)CO. The van der Waals surface area contributed by atoms with Crippen molar-refractivity contribution in [2.45, 2.75) is 67.6 Å². The van der Waals surface area contributed by atoms with E-state index in [4.69, 9.17) is 20.4 Å². The van der Waals surface area contributed by atoms with Gasteiger partial charge in [-0.3, -0.25) is 4.79 Å². The van der Waals surface area contributed by atoms with Crippen LogP contribution in [0.15, 0.2) is 23.3 Å². The van der Waals surface area contributed by atoms with Gasteiger partial charge in [0.1, 0.15) is 18.7 Å². The Morgan fingerprint density at radius 1 is 0.846 bits per heavy atom. The van der Waals surface area contributed by atoms with Crippen LogP contribution < -0.4 is 0 Å². The Balaban J connectivity index is -0.000000124. The highest BCUT2D eigenvalue weighted by atomic mass is 16.3. The Hall–Kier alpha value is -1.34. The van der Waals surface area contributed by atoms with E-state index in [9.17, 15) is 9.59 Å². The summed E-state index contributed by atoms with van der Waals surface area (Å²) in [5.74, 6) is 0.225. The topological polar surface area (TPSA) is 115 Å². The Kier molecular flexibility index (Phi) is 29.4. The molecule has 4 N–H and O–H groups in total. The van der Waals surface area contributed by atoms with E-state index >= 15 is 0 Å². The average Bonchev–Trinajstić information content (AvgIpc) is 2.54. The van der Waals surface area contributed by atoms with E-state index in [2.05, 4.69) is 0 Å². The van der Waals surface area contributed by atoms with Gasteiger partial charge in [0.15, 0.2) is 0 Å². The third-order valence-corrected chi connectivity index (χ3v) is 2.68. The first-order valence-electron chi connectivity index (χ1n) is 8.66. The van der Waals surface area contributed by atoms with Gasteiger partial charge in [-0.1, -0.05) is 44.9 Å². The molecule has 0 radical (unpaired) electrons. The molecule has 0 aromatic carbocycles. The van der Waals surface area contributed by atoms with Gasteiger partial charge in [-0.25, -0.2) is 0 Å². The van der Waals surface area contributed by atoms with Crippen molar-refractivity contribution in [3.8, 4) is 0 Å². The van der Waals surface area contributed by atoms with Crippen LogP contribution in [0.3, 0.4) is 0 Å². The van der Waals surface area contributed by atoms with Crippen molar-refractivity contribution in [2.24, 2.45) is 11.8 Å². The summed E-state index contributed by atoms with van der Waals surface area (Å²) in [6.45, 7) is 15.0. The molecule has 156 valence electrons. The summed E-state index contributed by atoms with van der Waals surface area (Å²) in [5, 5.41) is 33.7. The molecule has 0 saturated heterocycles. The van der Waals surface area contributed by atoms with E-state index in [-0.39, 0.29) is 25.0 Å². The first-order chi connectivity index (χ1) is 11.9. The maximum atomic E-state index is 9.70. The molecular weight excluding hydrogens is 336 g/mol. The Bertz CT molecular complexity index is 364. The van der Waals surface area contributed by atoms with Crippen molar-refractivity contribution in [1.29, 1.82) is 0 Å². The Morgan fingerprint density at radius 2 is 1.31 bits per heavy atom. The van der Waals surface area contributed by atoms with Crippen molar-refractivity contribution in [2.75, 3.05) is 13.2 Å². The van der Waals surface area contributed by atoms with Crippen LogP contribution in [0.1, 0.15) is 55.4 Å². The predicted octanol–water partition coefficient (Wildman–Crippen LogP) is 2.29. The molecule has 0 aliphatic carbocycles. The van der Waals surface area contributed by atoms with Crippen molar-refractivity contribution >= 4 is 12.6 Å². The molecule has 0 saturated carbocycles. The lowest BCUT2D eigenvalue weighted by Crippen LogP contribution is -2.18. The van der Waals surface area contributed by atoms with Gasteiger partial charge >= 0.3 is 0 Å². The second-order valence-corrected chi connectivity index (χ2v) is 6.71. The zero-order valence-electron chi connectivity index (χ0n) is 17.6. The molecule has 0 aliphatic heterocycles. The second-order valence-electron chi connectivity index (χ2n) is 6.71. The minimum Gasteiger partial charge on any atom is -0.394 e. The number of aliphatic hydroxyl groups is 4. The molecule has 0 aliphatic rings. The first kappa shape index (κ1) is 32.3. The van der Waals surface area contributed by atoms with Crippen LogP contribution in [0.5, 0.6) is 0 Å². The normalized spacial score (nSPS) is 11.3. The van der Waals surface area contributed by atoms with Gasteiger partial charge in [-0.05, 0) is 45.6 Å². The monoisotopic (exact) mass is 376 g/mol. The molecule has 6 heteroatoms. The smallest absolute Gasteiger partial charge is 0.148 e. The summed E-state index contributed by atoms with van der Waals surface area (Å²) in [4.78, 5) is 19.2. The summed E-state index contributed by atoms with van der Waals surface area (Å²) in [5.41, 5.74) is 2.21. The minimum absolute atomic E-state index is 0.0532. The maximum absolute atomic E-state index is 9.70. The van der Waals surface area contributed by atoms with Crippen LogP contribution in [-0.2, 0) is 9.59 Å². The molecule has 0 heterocycles. The highest BCUT2D eigenvalue weighted by Gasteiger charge is 2.05. The molecule has 0 fully saturated rings. The molecule has 2 unspecified atom stereocenters. The van der Waals surface area contributed by atoms with Crippen LogP contribution in [0.25, 0.3) is 0 Å². The fraction of sp³-hybridized carbons (Fsp3) is 0.700. The molecule has 0 aromatic rings. The number of aliphatic hydroxyl groups excluding tert-OH is 4. The first-order valence-corrected chi connectivity index (χ1v) is 8.66. The fourth-order valence-electron chi connectivity index (χ4n) is 0.687. The number of carbonyl (C=O) groups is 2. The van der Waals surface area contributed by atoms with Crippen molar-refractivity contribution < 1.29 is 30.0 Å². The van der Waals surface area contributed by atoms with Gasteiger partial charge in [0.2, 0.25) is 0 Å². The van der Waals surface area contributed by atoms with E-state index in [1.165, 1.54) is 6.08 Å². The van der Waals surface area contributed by atoms with Crippen LogP contribution in [0.2, 0.25) is 0 Å². The number of aldehydes is 2. The van der Waals surface area contributed by atoms with Gasteiger partial charge in [0.25, 0.3) is 0 Å². The van der Waals surface area contributed by atoms with Crippen LogP contribution in [0, 0.1) is 11.8 Å². The molecule has 6 nitrogen and oxygen atoms in total. The van der Waals surface area contributed by atoms with Crippen LogP contribution in [-0.4, -0.2) is 58.4 Å². The third kappa shape index (κ3) is 38.3. The predicted molar refractivity (Wildman–Crippen MR) is 107 cm³/mol. The summed E-state index contributed by atoms with van der Waals surface area (Å²) < 4.78 is 0. The van der Waals surface area contributed by atoms with Gasteiger partial charge in [-0.15, -0.1) is 0 Å². The number of rotatable bonds is 6. The van der Waals surface area contributed by atoms with Crippen molar-refractivity contribution in [1.82, 2.24) is 0 Å². The lowest BCUT2D eigenvalue weighted by atomic mass is 10.1. The molecule has 2 atom stereocenters. The second kappa shape index (κ2) is 23.7. The quantitative estimate of drug-likeness (QED) is 0.321. The number of hydrogen-bond acceptors (Lipinski definition) is 6. The van der Waals surface area contributed by atoms with E-state index < -0.39 is 12.2 Å². The lowest BCUT2D eigenvalue weighted by Gasteiger charge is -2.08. The standard InChI is InChI=1S/C5H12O2.C5H10O2.C5H10O.C5H8O/c2*1-4(2)5(7)3-6;2*1-5(2)3-4-6/h4-7H,3H2,1-2H3;3-5,7H,1-2H3;3,6H,4H2,1-2H3;3-4H,1-2H3. The summed E-state index contributed by atoms with van der Waals surface area (Å²) in [7, 11) is 0. The van der Waals surface area contributed by atoms with E-state index in [1.807, 2.05) is 41.5 Å². The van der Waals surface area contributed by atoms with Gasteiger partial charge < -0.3 is 25.2 Å². The van der Waals surface area contributed by atoms with Crippen molar-refractivity contribution in [3.05, 3.63) is 23.3 Å². The largest absolute Gasteiger partial charge is 0.394 e. The van der Waals surface area contributed by atoms with Crippen LogP contribution in [0.4, 0.5) is 0 Å². The highest BCUT2D eigenvalue weighted by Crippen LogP contribution is 1.97. The van der Waals surface area contributed by atoms with Gasteiger partial charge in [-0.2, -0.15) is 0 Å². The van der Waals surface area contributed by atoms with Crippen LogP contribution >= 0.6 is 0 Å². The number of hydrogen-bond donors (Lipinski definition) is 4. The molecule has 0 rings (SSSR count). The Labute approximate surface area is 159 Å². The third-order valence-electron chi connectivity index (χ3n) is 2.68. The highest BCUT2D eigenvalue weighted by molar-refractivity contribution is 5.65. The van der Waals surface area contributed by atoms with E-state index in [0.29, 0.717) is 6.29 Å². The number of allylic oxidation sites excluding steroid dienone is 3. The summed E-state index contributed by atoms with van der Waals surface area (Å²) >= 11 is 0. The zero-order chi connectivity index (χ0) is 21.7. The van der Waals surface area contributed by atoms with Gasteiger partial charge in [0.05, 0.1) is 19.3 Å². The van der Waals surface area contributed by atoms with E-state index in [1.54, 1.807) is 19.9 Å². The summed E-state index contributed by atoms with van der Waals surface area (Å²) in [6, 6.07) is 0. The average molecular weight is 377 g/mol. The minimum atomic E-state index is -0.778. The lowest BCUT2D eigenvalue weighted by molar-refractivity contribution is -0.116. The number of carbonyl (C=O) groups excluding carboxylic acids is 2. The maximum Gasteiger partial charge on any atom is 0.148 e.